The summed E-state index contributed by atoms with van der Waals surface area (Å²) in [5.74, 6) is -2.15. The number of fused-ring (bicyclic) bond motifs is 1. The quantitative estimate of drug-likeness (QED) is 0.285. The molecule has 2 aromatic carbocycles. The topological polar surface area (TPSA) is 119 Å². The molecule has 0 bridgehead atoms. The number of halogens is 5. The van der Waals surface area contributed by atoms with Crippen LogP contribution in [0, 0.1) is 0 Å². The lowest BCUT2D eigenvalue weighted by molar-refractivity contribution is -0.150. The van der Waals surface area contributed by atoms with Gasteiger partial charge in [-0.3, -0.25) is 14.6 Å². The first kappa shape index (κ1) is 29.9. The van der Waals surface area contributed by atoms with Crippen LogP contribution in [-0.2, 0) is 16.1 Å². The number of alkyl halides is 5. The fourth-order valence-corrected chi connectivity index (χ4v) is 4.04. The minimum atomic E-state index is -4.16. The number of nitrogens with one attached hydrogen (secondary N) is 1. The fraction of sp³-hybridized carbons (Fsp3) is 0.400. The molecule has 0 radical (unpaired) electrons. The van der Waals surface area contributed by atoms with Gasteiger partial charge in [-0.25, -0.2) is 9.78 Å². The molecule has 39 heavy (non-hydrogen) atoms. The van der Waals surface area contributed by atoms with Gasteiger partial charge in [0.25, 0.3) is 5.56 Å². The Morgan fingerprint density at radius 2 is 1.74 bits per heavy atom. The predicted molar refractivity (Wildman–Crippen MR) is 132 cm³/mol. The number of carbonyl (C=O) groups is 1. The second kappa shape index (κ2) is 13.4. The van der Waals surface area contributed by atoms with Crippen molar-refractivity contribution in [3.8, 4) is 16.9 Å². The minimum Gasteiger partial charge on any atom is -0.506 e. The first-order chi connectivity index (χ1) is 18.4. The zero-order chi connectivity index (χ0) is 28.6. The Labute approximate surface area is 219 Å². The van der Waals surface area contributed by atoms with Crippen molar-refractivity contribution in [1.82, 2.24) is 19.8 Å². The number of carboxylic acids is 1. The van der Waals surface area contributed by atoms with Crippen molar-refractivity contribution < 1.29 is 41.7 Å². The van der Waals surface area contributed by atoms with Crippen molar-refractivity contribution in [3.63, 3.8) is 0 Å². The largest absolute Gasteiger partial charge is 0.506 e. The number of phenolic OH excluding ortho intramolecular Hbond substituents is 1. The fourth-order valence-electron chi connectivity index (χ4n) is 4.04. The van der Waals surface area contributed by atoms with E-state index < -0.39 is 25.1 Å². The van der Waals surface area contributed by atoms with Gasteiger partial charge >= 0.3 is 18.6 Å². The van der Waals surface area contributed by atoms with E-state index >= 15 is 0 Å². The van der Waals surface area contributed by atoms with Gasteiger partial charge in [-0.2, -0.15) is 22.0 Å². The molecule has 3 aromatic rings. The monoisotopic (exact) mass is 558 g/mol. The molecule has 212 valence electrons. The van der Waals surface area contributed by atoms with Crippen molar-refractivity contribution in [3.05, 3.63) is 58.6 Å². The van der Waals surface area contributed by atoms with Crippen LogP contribution in [0.25, 0.3) is 22.0 Å². The summed E-state index contributed by atoms with van der Waals surface area (Å²) in [6, 6.07) is 10.8. The van der Waals surface area contributed by atoms with Gasteiger partial charge < -0.3 is 19.9 Å². The highest BCUT2D eigenvalue weighted by atomic mass is 19.4. The van der Waals surface area contributed by atoms with E-state index in [9.17, 15) is 31.9 Å². The molecule has 0 aliphatic carbocycles. The van der Waals surface area contributed by atoms with Gasteiger partial charge in [-0.15, -0.1) is 0 Å². The number of aromatic amines is 1. The molecule has 0 saturated carbocycles. The second-order valence-corrected chi connectivity index (χ2v) is 8.70. The molecule has 4 rings (SSSR count). The van der Waals surface area contributed by atoms with Crippen molar-refractivity contribution in [2.45, 2.75) is 19.2 Å². The number of carboxylic acid groups (broad SMARTS) is 1. The number of benzene rings is 2. The van der Waals surface area contributed by atoms with Gasteiger partial charge in [0, 0.05) is 32.7 Å². The van der Waals surface area contributed by atoms with E-state index in [0.29, 0.717) is 56.9 Å². The SMILES string of the molecule is O=C(O)C(F)F.O=c1[nH]cnc2c(O)cc(-c3ccccc3COCCN3CCN(CC(F)(F)F)CC3)cc12. The summed E-state index contributed by atoms with van der Waals surface area (Å²) < 4.78 is 64.5. The number of aliphatic carboxylic acids is 1. The Morgan fingerprint density at radius 3 is 2.38 bits per heavy atom. The number of hydrogen-bond donors (Lipinski definition) is 3. The van der Waals surface area contributed by atoms with Crippen LogP contribution in [-0.4, -0.2) is 94.4 Å². The lowest BCUT2D eigenvalue weighted by Crippen LogP contribution is -2.49. The molecule has 1 fully saturated rings. The van der Waals surface area contributed by atoms with Crippen LogP contribution in [0.15, 0.2) is 47.5 Å². The third-order valence-corrected chi connectivity index (χ3v) is 5.92. The van der Waals surface area contributed by atoms with Gasteiger partial charge in [-0.05, 0) is 28.8 Å². The van der Waals surface area contributed by atoms with Crippen molar-refractivity contribution in [1.29, 1.82) is 0 Å². The number of aromatic hydroxyl groups is 1. The Bertz CT molecular complexity index is 1310. The highest BCUT2D eigenvalue weighted by Gasteiger charge is 2.32. The van der Waals surface area contributed by atoms with Crippen LogP contribution in [0.2, 0.25) is 0 Å². The molecule has 0 spiro atoms. The minimum absolute atomic E-state index is 0.0750. The van der Waals surface area contributed by atoms with E-state index in [1.54, 1.807) is 12.1 Å². The lowest BCUT2D eigenvalue weighted by atomic mass is 9.98. The highest BCUT2D eigenvalue weighted by molar-refractivity contribution is 5.89. The van der Waals surface area contributed by atoms with Gasteiger partial charge in [-0.1, -0.05) is 24.3 Å². The molecule has 1 saturated heterocycles. The maximum atomic E-state index is 12.5. The number of hydrogen-bond acceptors (Lipinski definition) is 7. The van der Waals surface area contributed by atoms with Gasteiger partial charge in [0.2, 0.25) is 0 Å². The third-order valence-electron chi connectivity index (χ3n) is 5.92. The van der Waals surface area contributed by atoms with Gasteiger partial charge in [0.05, 0.1) is 31.5 Å². The summed E-state index contributed by atoms with van der Waals surface area (Å²) in [5, 5.41) is 17.9. The van der Waals surface area contributed by atoms with E-state index in [0.717, 1.165) is 11.1 Å². The van der Waals surface area contributed by atoms with Crippen LogP contribution in [0.3, 0.4) is 0 Å². The predicted octanol–water partition coefficient (Wildman–Crippen LogP) is 3.33. The molecule has 0 amide bonds. The number of ether oxygens (including phenoxy) is 1. The van der Waals surface area contributed by atoms with E-state index in [-0.39, 0.29) is 16.8 Å². The van der Waals surface area contributed by atoms with Crippen LogP contribution < -0.4 is 5.56 Å². The van der Waals surface area contributed by atoms with Crippen LogP contribution in [0.1, 0.15) is 5.56 Å². The Kier molecular flexibility index (Phi) is 10.3. The molecule has 1 aliphatic heterocycles. The summed E-state index contributed by atoms with van der Waals surface area (Å²) in [6.07, 6.45) is -6.14. The molecule has 2 heterocycles. The zero-order valence-corrected chi connectivity index (χ0v) is 20.6. The average Bonchev–Trinajstić information content (AvgIpc) is 2.88. The Morgan fingerprint density at radius 1 is 1.10 bits per heavy atom. The van der Waals surface area contributed by atoms with Gasteiger partial charge in [0.1, 0.15) is 11.3 Å². The number of aromatic nitrogens is 2. The highest BCUT2D eigenvalue weighted by Crippen LogP contribution is 2.31. The van der Waals surface area contributed by atoms with Crippen molar-refractivity contribution >= 4 is 16.9 Å². The Hall–Kier alpha value is -3.62. The molecule has 3 N–H and O–H groups in total. The standard InChI is InChI=1S/C23H25F3N4O3.C2H2F2O2/c24-23(25,26)14-30-7-5-29(6-8-30)9-10-33-13-16-3-1-2-4-18(16)17-11-19-21(20(31)12-17)27-15-28-22(19)32;3-1(4)2(5)6/h1-4,11-12,15,31H,5-10,13-14H2,(H,27,28,32);1H,(H,5,6). The third kappa shape index (κ3) is 8.97. The number of nitrogens with zero attached hydrogens (tertiary/aromatic N) is 3. The molecular weight excluding hydrogens is 531 g/mol. The van der Waals surface area contributed by atoms with Crippen LogP contribution in [0.4, 0.5) is 22.0 Å². The summed E-state index contributed by atoms with van der Waals surface area (Å²) in [5.41, 5.74) is 2.32. The van der Waals surface area contributed by atoms with E-state index in [2.05, 4.69) is 14.9 Å². The number of phenols is 1. The average molecular weight is 559 g/mol. The zero-order valence-electron chi connectivity index (χ0n) is 20.6. The molecular formula is C25H27F5N4O5. The molecule has 1 aromatic heterocycles. The maximum Gasteiger partial charge on any atom is 0.401 e. The van der Waals surface area contributed by atoms with E-state index in [4.69, 9.17) is 14.6 Å². The normalized spacial score (nSPS) is 14.8. The smallest absolute Gasteiger partial charge is 0.401 e. The lowest BCUT2D eigenvalue weighted by Gasteiger charge is -2.34. The van der Waals surface area contributed by atoms with Crippen LogP contribution in [0.5, 0.6) is 5.75 Å². The van der Waals surface area contributed by atoms with Gasteiger partial charge in [0.15, 0.2) is 0 Å². The second-order valence-electron chi connectivity index (χ2n) is 8.70. The summed E-state index contributed by atoms with van der Waals surface area (Å²) >= 11 is 0. The first-order valence-corrected chi connectivity index (χ1v) is 11.8. The molecule has 0 unspecified atom stereocenters. The molecule has 14 heteroatoms. The van der Waals surface area contributed by atoms with E-state index in [1.807, 2.05) is 24.3 Å². The number of H-pyrrole nitrogens is 1. The summed E-state index contributed by atoms with van der Waals surface area (Å²) in [6.45, 7) is 2.49. The summed E-state index contributed by atoms with van der Waals surface area (Å²) in [4.78, 5) is 31.2. The number of piperazine rings is 1. The maximum absolute atomic E-state index is 12.5. The first-order valence-electron chi connectivity index (χ1n) is 11.8. The van der Waals surface area contributed by atoms with Crippen molar-refractivity contribution in [2.24, 2.45) is 0 Å². The van der Waals surface area contributed by atoms with Crippen LogP contribution >= 0.6 is 0 Å². The molecule has 9 nitrogen and oxygen atoms in total. The molecule has 1 aliphatic rings. The van der Waals surface area contributed by atoms with Crippen molar-refractivity contribution in [2.75, 3.05) is 45.9 Å². The van der Waals surface area contributed by atoms with E-state index in [1.165, 1.54) is 11.2 Å². The summed E-state index contributed by atoms with van der Waals surface area (Å²) in [7, 11) is 0. The Balaban J connectivity index is 0.000000631. The molecule has 0 atom stereocenters. The number of rotatable bonds is 8.